The third-order valence-electron chi connectivity index (χ3n) is 1.57. The standard InChI is InChI=1S/C9H7ClF3NO2/c1-2-16-8(15)6-3-5(10)4-7(14-6)9(11,12)13/h3-4H,2H2,1H3. The maximum absolute atomic E-state index is 12.3. The summed E-state index contributed by atoms with van der Waals surface area (Å²) in [5.41, 5.74) is -1.68. The van der Waals surface area contributed by atoms with Crippen LogP contribution < -0.4 is 0 Å². The lowest BCUT2D eigenvalue weighted by molar-refractivity contribution is -0.141. The van der Waals surface area contributed by atoms with Crippen molar-refractivity contribution >= 4 is 17.6 Å². The number of nitrogens with zero attached hydrogens (tertiary/aromatic N) is 1. The zero-order chi connectivity index (χ0) is 12.3. The van der Waals surface area contributed by atoms with Gasteiger partial charge in [-0.15, -0.1) is 0 Å². The van der Waals surface area contributed by atoms with Crippen LogP contribution in [0.3, 0.4) is 0 Å². The molecule has 0 unspecified atom stereocenters. The summed E-state index contributed by atoms with van der Waals surface area (Å²) >= 11 is 5.45. The second kappa shape index (κ2) is 4.69. The second-order valence-corrected chi connectivity index (χ2v) is 3.21. The molecule has 0 bridgehead atoms. The van der Waals surface area contributed by atoms with Crippen LogP contribution in [0.15, 0.2) is 12.1 Å². The molecule has 0 aliphatic rings. The molecule has 0 fully saturated rings. The number of halogens is 4. The summed E-state index contributed by atoms with van der Waals surface area (Å²) < 4.78 is 41.5. The average Bonchev–Trinajstić information content (AvgIpc) is 2.16. The van der Waals surface area contributed by atoms with Gasteiger partial charge in [0.2, 0.25) is 0 Å². The van der Waals surface area contributed by atoms with Gasteiger partial charge < -0.3 is 4.74 Å². The van der Waals surface area contributed by atoms with E-state index in [4.69, 9.17) is 11.6 Å². The van der Waals surface area contributed by atoms with Gasteiger partial charge in [0, 0.05) is 5.02 Å². The van der Waals surface area contributed by atoms with Crippen molar-refractivity contribution in [1.29, 1.82) is 0 Å². The highest BCUT2D eigenvalue weighted by Crippen LogP contribution is 2.29. The average molecular weight is 254 g/mol. The van der Waals surface area contributed by atoms with E-state index in [1.54, 1.807) is 0 Å². The molecule has 1 heterocycles. The molecule has 0 saturated heterocycles. The first-order valence-corrected chi connectivity index (χ1v) is 4.64. The normalized spacial score (nSPS) is 11.3. The number of ether oxygens (including phenoxy) is 1. The Morgan fingerprint density at radius 3 is 2.62 bits per heavy atom. The minimum Gasteiger partial charge on any atom is -0.461 e. The Labute approximate surface area is 94.2 Å². The van der Waals surface area contributed by atoms with Crippen molar-refractivity contribution in [3.63, 3.8) is 0 Å². The van der Waals surface area contributed by atoms with Crippen molar-refractivity contribution in [3.8, 4) is 0 Å². The van der Waals surface area contributed by atoms with Gasteiger partial charge in [0.1, 0.15) is 5.69 Å². The molecule has 1 aromatic heterocycles. The summed E-state index contributed by atoms with van der Waals surface area (Å²) in [7, 11) is 0. The molecule has 0 aliphatic carbocycles. The molecule has 0 radical (unpaired) electrons. The lowest BCUT2D eigenvalue weighted by atomic mass is 10.3. The zero-order valence-corrected chi connectivity index (χ0v) is 8.89. The Morgan fingerprint density at radius 1 is 1.50 bits per heavy atom. The van der Waals surface area contributed by atoms with Crippen LogP contribution in [0.1, 0.15) is 23.1 Å². The summed E-state index contributed by atoms with van der Waals surface area (Å²) in [6.45, 7) is 1.58. The van der Waals surface area contributed by atoms with Crippen LogP contribution in [0.5, 0.6) is 0 Å². The maximum Gasteiger partial charge on any atom is 0.433 e. The van der Waals surface area contributed by atoms with Crippen LogP contribution in [-0.2, 0) is 10.9 Å². The van der Waals surface area contributed by atoms with Gasteiger partial charge in [-0.05, 0) is 19.1 Å². The van der Waals surface area contributed by atoms with Gasteiger partial charge in [0.15, 0.2) is 5.69 Å². The van der Waals surface area contributed by atoms with E-state index in [-0.39, 0.29) is 11.6 Å². The number of carbonyl (C=O) groups is 1. The van der Waals surface area contributed by atoms with Crippen molar-refractivity contribution in [2.75, 3.05) is 6.61 Å². The van der Waals surface area contributed by atoms with E-state index in [1.807, 2.05) is 0 Å². The topological polar surface area (TPSA) is 39.2 Å². The first-order valence-electron chi connectivity index (χ1n) is 4.26. The molecule has 0 amide bonds. The number of rotatable bonds is 2. The molecule has 0 spiro atoms. The van der Waals surface area contributed by atoms with E-state index in [1.165, 1.54) is 6.92 Å². The van der Waals surface area contributed by atoms with Crippen LogP contribution in [0.2, 0.25) is 5.02 Å². The Morgan fingerprint density at radius 2 is 2.12 bits per heavy atom. The van der Waals surface area contributed by atoms with Crippen molar-refractivity contribution in [3.05, 3.63) is 28.5 Å². The fourth-order valence-corrected chi connectivity index (χ4v) is 1.16. The number of pyridine rings is 1. The smallest absolute Gasteiger partial charge is 0.433 e. The number of hydrogen-bond acceptors (Lipinski definition) is 3. The molecule has 3 nitrogen and oxygen atoms in total. The Hall–Kier alpha value is -1.30. The minimum absolute atomic E-state index is 0.0500. The fourth-order valence-electron chi connectivity index (χ4n) is 0.952. The van der Waals surface area contributed by atoms with Crippen molar-refractivity contribution in [1.82, 2.24) is 4.98 Å². The Bertz CT molecular complexity index is 406. The second-order valence-electron chi connectivity index (χ2n) is 2.77. The molecule has 0 N–H and O–H groups in total. The molecular weight excluding hydrogens is 247 g/mol. The molecule has 16 heavy (non-hydrogen) atoms. The minimum atomic E-state index is -4.65. The Balaban J connectivity index is 3.13. The molecule has 88 valence electrons. The van der Waals surface area contributed by atoms with Crippen molar-refractivity contribution in [2.24, 2.45) is 0 Å². The van der Waals surface area contributed by atoms with Crippen LogP contribution in [0.25, 0.3) is 0 Å². The summed E-state index contributed by atoms with van der Waals surface area (Å²) in [5.74, 6) is -0.935. The molecule has 0 aliphatic heterocycles. The van der Waals surface area contributed by atoms with Crippen LogP contribution in [-0.4, -0.2) is 17.6 Å². The SMILES string of the molecule is CCOC(=O)c1cc(Cl)cc(C(F)(F)F)n1. The van der Waals surface area contributed by atoms with E-state index in [0.717, 1.165) is 6.07 Å². The van der Waals surface area contributed by atoms with Gasteiger partial charge in [-0.1, -0.05) is 11.6 Å². The van der Waals surface area contributed by atoms with Crippen LogP contribution in [0.4, 0.5) is 13.2 Å². The van der Waals surface area contributed by atoms with Gasteiger partial charge >= 0.3 is 12.1 Å². The number of aromatic nitrogens is 1. The fraction of sp³-hybridized carbons (Fsp3) is 0.333. The highest BCUT2D eigenvalue weighted by atomic mass is 35.5. The monoisotopic (exact) mass is 253 g/mol. The lowest BCUT2D eigenvalue weighted by Gasteiger charge is -2.08. The molecular formula is C9H7ClF3NO2. The van der Waals surface area contributed by atoms with E-state index >= 15 is 0 Å². The van der Waals surface area contributed by atoms with E-state index in [0.29, 0.717) is 6.07 Å². The summed E-state index contributed by atoms with van der Waals surface area (Å²) in [6.07, 6.45) is -4.65. The number of hydrogen-bond donors (Lipinski definition) is 0. The number of esters is 1. The van der Waals surface area contributed by atoms with Crippen LogP contribution in [0, 0.1) is 0 Å². The lowest BCUT2D eigenvalue weighted by Crippen LogP contribution is -2.13. The molecule has 0 atom stereocenters. The van der Waals surface area contributed by atoms with E-state index < -0.39 is 23.5 Å². The van der Waals surface area contributed by atoms with Gasteiger partial charge in [-0.25, -0.2) is 9.78 Å². The maximum atomic E-state index is 12.3. The van der Waals surface area contributed by atoms with E-state index in [9.17, 15) is 18.0 Å². The van der Waals surface area contributed by atoms with Crippen LogP contribution >= 0.6 is 11.6 Å². The quantitative estimate of drug-likeness (QED) is 0.761. The highest BCUT2D eigenvalue weighted by Gasteiger charge is 2.33. The summed E-state index contributed by atoms with van der Waals surface area (Å²) in [4.78, 5) is 14.3. The van der Waals surface area contributed by atoms with Crippen molar-refractivity contribution in [2.45, 2.75) is 13.1 Å². The highest BCUT2D eigenvalue weighted by molar-refractivity contribution is 6.30. The van der Waals surface area contributed by atoms with Gasteiger partial charge in [0.05, 0.1) is 6.61 Å². The van der Waals surface area contributed by atoms with Crippen molar-refractivity contribution < 1.29 is 22.7 Å². The molecule has 1 rings (SSSR count). The zero-order valence-electron chi connectivity index (χ0n) is 8.14. The predicted octanol–water partition coefficient (Wildman–Crippen LogP) is 2.93. The molecule has 7 heteroatoms. The molecule has 0 saturated carbocycles. The largest absolute Gasteiger partial charge is 0.461 e. The van der Waals surface area contributed by atoms with Gasteiger partial charge in [-0.3, -0.25) is 0 Å². The van der Waals surface area contributed by atoms with Gasteiger partial charge in [-0.2, -0.15) is 13.2 Å². The van der Waals surface area contributed by atoms with Gasteiger partial charge in [0.25, 0.3) is 0 Å². The summed E-state index contributed by atoms with van der Waals surface area (Å²) in [5, 5.41) is -0.217. The molecule has 1 aromatic rings. The number of carbonyl (C=O) groups excluding carboxylic acids is 1. The summed E-state index contributed by atoms with van der Waals surface area (Å²) in [6, 6.07) is 1.67. The number of alkyl halides is 3. The Kier molecular flexibility index (Phi) is 3.74. The third-order valence-corrected chi connectivity index (χ3v) is 1.78. The first kappa shape index (κ1) is 12.8. The van der Waals surface area contributed by atoms with E-state index in [2.05, 4.69) is 9.72 Å². The molecule has 0 aromatic carbocycles. The predicted molar refractivity (Wildman–Crippen MR) is 50.2 cm³/mol. The third kappa shape index (κ3) is 3.10. The first-order chi connectivity index (χ1) is 7.34.